The summed E-state index contributed by atoms with van der Waals surface area (Å²) in [5.41, 5.74) is 1.48. The third kappa shape index (κ3) is 5.71. The van der Waals surface area contributed by atoms with Gasteiger partial charge < -0.3 is 19.8 Å². The van der Waals surface area contributed by atoms with Crippen LogP contribution in [0.5, 0.6) is 5.75 Å². The van der Waals surface area contributed by atoms with Crippen LogP contribution in [0.25, 0.3) is 0 Å². The van der Waals surface area contributed by atoms with E-state index >= 15 is 0 Å². The molecule has 0 aliphatic heterocycles. The molecule has 0 saturated heterocycles. The normalized spacial score (nSPS) is 10.4. The molecule has 0 amide bonds. The van der Waals surface area contributed by atoms with Gasteiger partial charge in [0.1, 0.15) is 23.7 Å². The van der Waals surface area contributed by atoms with E-state index in [4.69, 9.17) is 9.47 Å². The summed E-state index contributed by atoms with van der Waals surface area (Å²) in [5, 5.41) is 3.16. The van der Waals surface area contributed by atoms with Gasteiger partial charge in [-0.25, -0.2) is 4.79 Å². The van der Waals surface area contributed by atoms with Crippen LogP contribution in [-0.2, 0) is 17.9 Å². The van der Waals surface area contributed by atoms with Crippen molar-refractivity contribution in [2.75, 3.05) is 11.9 Å². The van der Waals surface area contributed by atoms with Crippen molar-refractivity contribution in [3.8, 4) is 5.75 Å². The standard InChI is InChI=1S/C22H21BrN2O4/c1-2-28-22(27)18-9-11-20(25-21(18)26)24-13-16-12-17(23)8-10-19(16)29-14-15-6-4-3-5-7-15/h3-12H,2,13-14H2,1H3,(H2,24,25,26). The predicted octanol–water partition coefficient (Wildman–Crippen LogP) is 4.51. The van der Waals surface area contributed by atoms with Crippen molar-refractivity contribution in [2.45, 2.75) is 20.1 Å². The number of halogens is 1. The largest absolute Gasteiger partial charge is 0.489 e. The number of carbonyl (C=O) groups excluding carboxylic acids is 1. The molecule has 0 aliphatic rings. The van der Waals surface area contributed by atoms with Crippen molar-refractivity contribution in [3.63, 3.8) is 0 Å². The molecule has 29 heavy (non-hydrogen) atoms. The minimum Gasteiger partial charge on any atom is -0.489 e. The molecule has 0 unspecified atom stereocenters. The second-order valence-electron chi connectivity index (χ2n) is 6.22. The van der Waals surface area contributed by atoms with Crippen molar-refractivity contribution < 1.29 is 14.3 Å². The first kappa shape index (κ1) is 20.7. The van der Waals surface area contributed by atoms with Gasteiger partial charge in [-0.15, -0.1) is 0 Å². The van der Waals surface area contributed by atoms with Crippen molar-refractivity contribution in [1.82, 2.24) is 4.98 Å². The van der Waals surface area contributed by atoms with Crippen molar-refractivity contribution >= 4 is 27.7 Å². The lowest BCUT2D eigenvalue weighted by Crippen LogP contribution is -2.20. The Morgan fingerprint density at radius 1 is 1.10 bits per heavy atom. The van der Waals surface area contributed by atoms with Gasteiger partial charge in [0, 0.05) is 16.6 Å². The quantitative estimate of drug-likeness (QED) is 0.487. The molecule has 0 spiro atoms. The monoisotopic (exact) mass is 456 g/mol. The van der Waals surface area contributed by atoms with E-state index in [1.165, 1.54) is 6.07 Å². The summed E-state index contributed by atoms with van der Waals surface area (Å²) in [5.74, 6) is 0.607. The third-order valence-electron chi connectivity index (χ3n) is 4.13. The Morgan fingerprint density at radius 2 is 1.90 bits per heavy atom. The van der Waals surface area contributed by atoms with Crippen molar-refractivity contribution in [1.29, 1.82) is 0 Å². The van der Waals surface area contributed by atoms with Gasteiger partial charge >= 0.3 is 5.97 Å². The Morgan fingerprint density at radius 3 is 2.62 bits per heavy atom. The Kier molecular flexibility index (Phi) is 7.08. The summed E-state index contributed by atoms with van der Waals surface area (Å²) in [7, 11) is 0. The third-order valence-corrected chi connectivity index (χ3v) is 4.63. The molecule has 0 bridgehead atoms. The minimum absolute atomic E-state index is 0.0215. The van der Waals surface area contributed by atoms with Crippen LogP contribution >= 0.6 is 15.9 Å². The van der Waals surface area contributed by atoms with Crippen molar-refractivity contribution in [3.05, 3.63) is 92.2 Å². The topological polar surface area (TPSA) is 80.4 Å². The maximum atomic E-state index is 12.1. The highest BCUT2D eigenvalue weighted by atomic mass is 79.9. The zero-order valence-corrected chi connectivity index (χ0v) is 17.5. The lowest BCUT2D eigenvalue weighted by atomic mass is 10.2. The lowest BCUT2D eigenvalue weighted by Gasteiger charge is -2.14. The number of carbonyl (C=O) groups is 1. The first-order valence-corrected chi connectivity index (χ1v) is 9.95. The first-order chi connectivity index (χ1) is 14.1. The van der Waals surface area contributed by atoms with Crippen LogP contribution in [0.1, 0.15) is 28.4 Å². The maximum absolute atomic E-state index is 12.1. The Bertz CT molecular complexity index is 1030. The molecular formula is C22H21BrN2O4. The average molecular weight is 457 g/mol. The number of hydrogen-bond acceptors (Lipinski definition) is 5. The second kappa shape index (κ2) is 9.93. The molecule has 3 aromatic rings. The number of H-pyrrole nitrogens is 1. The van der Waals surface area contributed by atoms with Crippen LogP contribution in [-0.4, -0.2) is 17.6 Å². The average Bonchev–Trinajstić information content (AvgIpc) is 2.72. The van der Waals surface area contributed by atoms with Crippen LogP contribution < -0.4 is 15.6 Å². The van der Waals surface area contributed by atoms with E-state index in [1.807, 2.05) is 48.5 Å². The smallest absolute Gasteiger partial charge is 0.343 e. The summed E-state index contributed by atoms with van der Waals surface area (Å²) < 4.78 is 11.8. The molecule has 150 valence electrons. The fraction of sp³-hybridized carbons (Fsp3) is 0.182. The molecule has 1 heterocycles. The fourth-order valence-electron chi connectivity index (χ4n) is 2.70. The second-order valence-corrected chi connectivity index (χ2v) is 7.13. The highest BCUT2D eigenvalue weighted by Crippen LogP contribution is 2.25. The Balaban J connectivity index is 1.70. The van der Waals surface area contributed by atoms with Gasteiger partial charge in [0.25, 0.3) is 5.56 Å². The van der Waals surface area contributed by atoms with Crippen LogP contribution in [0.4, 0.5) is 5.82 Å². The van der Waals surface area contributed by atoms with Gasteiger partial charge in [0.15, 0.2) is 0 Å². The molecule has 1 aromatic heterocycles. The zero-order valence-electron chi connectivity index (χ0n) is 15.9. The summed E-state index contributed by atoms with van der Waals surface area (Å²) in [6.45, 7) is 2.79. The number of aromatic nitrogens is 1. The number of ether oxygens (including phenoxy) is 2. The molecule has 0 saturated carbocycles. The summed E-state index contributed by atoms with van der Waals surface area (Å²) >= 11 is 3.48. The lowest BCUT2D eigenvalue weighted by molar-refractivity contribution is 0.0524. The number of benzene rings is 2. The summed E-state index contributed by atoms with van der Waals surface area (Å²) in [6.07, 6.45) is 0. The van der Waals surface area contributed by atoms with Crippen LogP contribution in [0.15, 0.2) is 69.9 Å². The number of rotatable bonds is 8. The van der Waals surface area contributed by atoms with Crippen LogP contribution in [0, 0.1) is 0 Å². The molecule has 6 nitrogen and oxygen atoms in total. The molecule has 3 rings (SSSR count). The number of pyridine rings is 1. The molecule has 0 fully saturated rings. The minimum atomic E-state index is -0.635. The molecular weight excluding hydrogens is 436 g/mol. The van der Waals surface area contributed by atoms with E-state index in [-0.39, 0.29) is 12.2 Å². The van der Waals surface area contributed by atoms with Gasteiger partial charge in [-0.3, -0.25) is 4.79 Å². The van der Waals surface area contributed by atoms with E-state index in [0.29, 0.717) is 19.0 Å². The van der Waals surface area contributed by atoms with E-state index in [1.54, 1.807) is 13.0 Å². The van der Waals surface area contributed by atoms with Gasteiger partial charge in [-0.05, 0) is 42.8 Å². The molecule has 0 aliphatic carbocycles. The Labute approximate surface area is 177 Å². The molecule has 2 aromatic carbocycles. The molecule has 2 N–H and O–H groups in total. The van der Waals surface area contributed by atoms with Gasteiger partial charge in [0.2, 0.25) is 0 Å². The molecule has 0 radical (unpaired) electrons. The predicted molar refractivity (Wildman–Crippen MR) is 115 cm³/mol. The van der Waals surface area contributed by atoms with E-state index in [9.17, 15) is 9.59 Å². The van der Waals surface area contributed by atoms with E-state index < -0.39 is 11.5 Å². The molecule has 0 atom stereocenters. The summed E-state index contributed by atoms with van der Waals surface area (Å²) in [6, 6.07) is 18.8. The fourth-order valence-corrected chi connectivity index (χ4v) is 3.11. The number of nitrogens with one attached hydrogen (secondary N) is 2. The number of anilines is 1. The highest BCUT2D eigenvalue weighted by Gasteiger charge is 2.12. The van der Waals surface area contributed by atoms with Gasteiger partial charge in [-0.2, -0.15) is 0 Å². The number of esters is 1. The zero-order chi connectivity index (χ0) is 20.6. The maximum Gasteiger partial charge on any atom is 0.343 e. The first-order valence-electron chi connectivity index (χ1n) is 9.16. The number of hydrogen-bond donors (Lipinski definition) is 2. The molecule has 7 heteroatoms. The number of aromatic amines is 1. The highest BCUT2D eigenvalue weighted by molar-refractivity contribution is 9.10. The van der Waals surface area contributed by atoms with E-state index in [2.05, 4.69) is 26.2 Å². The SMILES string of the molecule is CCOC(=O)c1ccc(NCc2cc(Br)ccc2OCc2ccccc2)[nH]c1=O. The van der Waals surface area contributed by atoms with Crippen LogP contribution in [0.2, 0.25) is 0 Å². The summed E-state index contributed by atoms with van der Waals surface area (Å²) in [4.78, 5) is 26.5. The van der Waals surface area contributed by atoms with Crippen LogP contribution in [0.3, 0.4) is 0 Å². The van der Waals surface area contributed by atoms with Gasteiger partial charge in [0.05, 0.1) is 6.61 Å². The Hall–Kier alpha value is -3.06. The van der Waals surface area contributed by atoms with Crippen molar-refractivity contribution in [2.24, 2.45) is 0 Å². The van der Waals surface area contributed by atoms with E-state index in [0.717, 1.165) is 21.3 Å². The van der Waals surface area contributed by atoms with Gasteiger partial charge in [-0.1, -0.05) is 46.3 Å².